The Morgan fingerprint density at radius 2 is 2.15 bits per heavy atom. The number of hydrogen-bond acceptors (Lipinski definition) is 5. The lowest BCUT2D eigenvalue weighted by Crippen LogP contribution is -2.08. The number of rotatable bonds is 6. The largest absolute Gasteiger partial charge is 0.466 e. The highest BCUT2D eigenvalue weighted by atomic mass is 16.5. The fourth-order valence-electron chi connectivity index (χ4n) is 1.69. The van der Waals surface area contributed by atoms with Crippen LogP contribution in [-0.2, 0) is 9.53 Å². The predicted octanol–water partition coefficient (Wildman–Crippen LogP) is 1.79. The number of hydrogen-bond donors (Lipinski definition) is 0. The van der Waals surface area contributed by atoms with E-state index in [1.807, 2.05) is 0 Å². The molecule has 0 atom stereocenters. The highest BCUT2D eigenvalue weighted by Crippen LogP contribution is 2.09. The van der Waals surface area contributed by atoms with Gasteiger partial charge in [0.2, 0.25) is 0 Å². The number of esters is 1. The summed E-state index contributed by atoms with van der Waals surface area (Å²) >= 11 is 0. The molecule has 0 aliphatic heterocycles. The van der Waals surface area contributed by atoms with Crippen molar-refractivity contribution in [1.29, 1.82) is 0 Å². The quantitative estimate of drug-likeness (QED) is 0.592. The summed E-state index contributed by atoms with van der Waals surface area (Å²) in [5.74, 6) is 0.205. The summed E-state index contributed by atoms with van der Waals surface area (Å²) in [4.78, 5) is 31.2. The van der Waals surface area contributed by atoms with E-state index in [0.29, 0.717) is 18.0 Å². The van der Waals surface area contributed by atoms with Crippen molar-refractivity contribution in [2.24, 2.45) is 0 Å². The lowest BCUT2D eigenvalue weighted by molar-refractivity contribution is -0.143. The van der Waals surface area contributed by atoms with Gasteiger partial charge < -0.3 is 4.74 Å². The van der Waals surface area contributed by atoms with Crippen molar-refractivity contribution < 1.29 is 14.3 Å². The van der Waals surface area contributed by atoms with E-state index < -0.39 is 0 Å². The van der Waals surface area contributed by atoms with Gasteiger partial charge in [-0.05, 0) is 19.1 Å². The van der Waals surface area contributed by atoms with Gasteiger partial charge in [0.05, 0.1) is 13.0 Å². The first-order chi connectivity index (χ1) is 9.70. The number of nitrogens with zero attached hydrogens (tertiary/aromatic N) is 3. The molecule has 0 aromatic carbocycles. The Kier molecular flexibility index (Phi) is 4.60. The van der Waals surface area contributed by atoms with Crippen LogP contribution in [0.4, 0.5) is 0 Å². The third kappa shape index (κ3) is 3.50. The Balaban J connectivity index is 1.96. The molecule has 2 heterocycles. The molecule has 20 heavy (non-hydrogen) atoms. The molecule has 0 aliphatic carbocycles. The average Bonchev–Trinajstić information content (AvgIpc) is 2.99. The topological polar surface area (TPSA) is 74.1 Å². The van der Waals surface area contributed by atoms with Crippen molar-refractivity contribution in [2.75, 3.05) is 6.61 Å². The minimum Gasteiger partial charge on any atom is -0.466 e. The number of ketones is 1. The van der Waals surface area contributed by atoms with Crippen LogP contribution in [0, 0.1) is 0 Å². The maximum Gasteiger partial charge on any atom is 0.306 e. The minimum atomic E-state index is -0.358. The van der Waals surface area contributed by atoms with E-state index in [-0.39, 0.29) is 24.6 Å². The smallest absolute Gasteiger partial charge is 0.306 e. The first-order valence-corrected chi connectivity index (χ1v) is 6.34. The monoisotopic (exact) mass is 273 g/mol. The second-order valence-corrected chi connectivity index (χ2v) is 4.10. The van der Waals surface area contributed by atoms with E-state index in [1.165, 1.54) is 6.20 Å². The van der Waals surface area contributed by atoms with Gasteiger partial charge in [-0.2, -0.15) is 0 Å². The molecule has 0 fully saturated rings. The van der Waals surface area contributed by atoms with E-state index in [4.69, 9.17) is 4.74 Å². The highest BCUT2D eigenvalue weighted by Gasteiger charge is 2.10. The molecule has 2 aromatic rings. The molecule has 0 saturated heterocycles. The standard InChI is InChI=1S/C14H15N3O3/c1-2-20-14(19)6-4-12(18)11-3-5-13(16-9-11)17-8-7-15-10-17/h3,5,7-10H,2,4,6H2,1H3. The summed E-state index contributed by atoms with van der Waals surface area (Å²) in [5.41, 5.74) is 0.484. The molecule has 0 amide bonds. The molecular formula is C14H15N3O3. The van der Waals surface area contributed by atoms with Crippen molar-refractivity contribution in [3.05, 3.63) is 42.6 Å². The molecule has 6 heteroatoms. The van der Waals surface area contributed by atoms with Gasteiger partial charge in [0.15, 0.2) is 5.78 Å². The molecule has 0 saturated carbocycles. The van der Waals surface area contributed by atoms with Crippen LogP contribution >= 0.6 is 0 Å². The van der Waals surface area contributed by atoms with Gasteiger partial charge in [-0.25, -0.2) is 9.97 Å². The zero-order valence-corrected chi connectivity index (χ0v) is 11.2. The van der Waals surface area contributed by atoms with Crippen molar-refractivity contribution in [2.45, 2.75) is 19.8 Å². The number of pyridine rings is 1. The molecule has 0 aliphatic rings. The lowest BCUT2D eigenvalue weighted by Gasteiger charge is -2.04. The maximum atomic E-state index is 11.9. The molecule has 0 N–H and O–H groups in total. The molecule has 2 rings (SSSR count). The second-order valence-electron chi connectivity index (χ2n) is 4.10. The Hall–Kier alpha value is -2.50. The number of imidazole rings is 1. The van der Waals surface area contributed by atoms with Crippen LogP contribution in [0.3, 0.4) is 0 Å². The van der Waals surface area contributed by atoms with Gasteiger partial charge >= 0.3 is 5.97 Å². The fraction of sp³-hybridized carbons (Fsp3) is 0.286. The Morgan fingerprint density at radius 1 is 1.30 bits per heavy atom. The number of Topliss-reactive ketones (excluding diaryl/α,β-unsaturated/α-hetero) is 1. The molecule has 0 radical (unpaired) electrons. The Bertz CT molecular complexity index is 576. The van der Waals surface area contributed by atoms with Gasteiger partial charge in [-0.3, -0.25) is 14.2 Å². The number of carbonyl (C=O) groups is 2. The minimum absolute atomic E-state index is 0.0932. The van der Waals surface area contributed by atoms with Crippen LogP contribution in [0.1, 0.15) is 30.1 Å². The fourth-order valence-corrected chi connectivity index (χ4v) is 1.69. The summed E-state index contributed by atoms with van der Waals surface area (Å²) in [6, 6.07) is 3.43. The zero-order chi connectivity index (χ0) is 14.4. The molecule has 0 unspecified atom stereocenters. The number of ether oxygens (including phenoxy) is 1. The van der Waals surface area contributed by atoms with Crippen molar-refractivity contribution in [3.63, 3.8) is 0 Å². The molecule has 0 spiro atoms. The maximum absolute atomic E-state index is 11.9. The lowest BCUT2D eigenvalue weighted by atomic mass is 10.1. The van der Waals surface area contributed by atoms with Crippen LogP contribution in [0.5, 0.6) is 0 Å². The van der Waals surface area contributed by atoms with Crippen molar-refractivity contribution in [3.8, 4) is 5.82 Å². The third-order valence-corrected chi connectivity index (χ3v) is 2.70. The van der Waals surface area contributed by atoms with Crippen molar-refractivity contribution in [1.82, 2.24) is 14.5 Å². The predicted molar refractivity (Wildman–Crippen MR) is 71.6 cm³/mol. The Labute approximate surface area is 116 Å². The number of aromatic nitrogens is 3. The summed E-state index contributed by atoms with van der Waals surface area (Å²) in [7, 11) is 0. The van der Waals surface area contributed by atoms with Crippen LogP contribution < -0.4 is 0 Å². The summed E-state index contributed by atoms with van der Waals surface area (Å²) in [5, 5.41) is 0. The van der Waals surface area contributed by atoms with E-state index in [1.54, 1.807) is 42.3 Å². The van der Waals surface area contributed by atoms with E-state index in [0.717, 1.165) is 0 Å². The van der Waals surface area contributed by atoms with Gasteiger partial charge in [0.25, 0.3) is 0 Å². The van der Waals surface area contributed by atoms with Crippen LogP contribution in [0.25, 0.3) is 5.82 Å². The zero-order valence-electron chi connectivity index (χ0n) is 11.2. The van der Waals surface area contributed by atoms with Gasteiger partial charge in [0.1, 0.15) is 12.1 Å². The molecule has 2 aromatic heterocycles. The molecule has 104 valence electrons. The first-order valence-electron chi connectivity index (χ1n) is 6.34. The van der Waals surface area contributed by atoms with Gasteiger partial charge in [-0.1, -0.05) is 0 Å². The normalized spacial score (nSPS) is 10.2. The third-order valence-electron chi connectivity index (χ3n) is 2.70. The van der Waals surface area contributed by atoms with E-state index in [9.17, 15) is 9.59 Å². The van der Waals surface area contributed by atoms with Crippen molar-refractivity contribution >= 4 is 11.8 Å². The SMILES string of the molecule is CCOC(=O)CCC(=O)c1ccc(-n2ccnc2)nc1. The van der Waals surface area contributed by atoms with Crippen LogP contribution in [0.15, 0.2) is 37.1 Å². The Morgan fingerprint density at radius 3 is 2.75 bits per heavy atom. The average molecular weight is 273 g/mol. The van der Waals surface area contributed by atoms with Crippen LogP contribution in [0.2, 0.25) is 0 Å². The number of carbonyl (C=O) groups excluding carboxylic acids is 2. The summed E-state index contributed by atoms with van der Waals surface area (Å²) in [6.07, 6.45) is 6.78. The summed E-state index contributed by atoms with van der Waals surface area (Å²) < 4.78 is 6.52. The second kappa shape index (κ2) is 6.60. The summed E-state index contributed by atoms with van der Waals surface area (Å²) in [6.45, 7) is 2.06. The molecular weight excluding hydrogens is 258 g/mol. The molecule has 0 bridgehead atoms. The van der Waals surface area contributed by atoms with Gasteiger partial charge in [0, 0.05) is 30.6 Å². The van der Waals surface area contributed by atoms with Gasteiger partial charge in [-0.15, -0.1) is 0 Å². The van der Waals surface area contributed by atoms with E-state index >= 15 is 0 Å². The van der Waals surface area contributed by atoms with Crippen LogP contribution in [-0.4, -0.2) is 32.9 Å². The highest BCUT2D eigenvalue weighted by molar-refractivity contribution is 5.97. The van der Waals surface area contributed by atoms with E-state index in [2.05, 4.69) is 9.97 Å². The molecule has 6 nitrogen and oxygen atoms in total. The first kappa shape index (κ1) is 13.9.